The second kappa shape index (κ2) is 3.69. The summed E-state index contributed by atoms with van der Waals surface area (Å²) in [6.07, 6.45) is 0.510. The van der Waals surface area contributed by atoms with Gasteiger partial charge in [0.2, 0.25) is 0 Å². The van der Waals surface area contributed by atoms with Gasteiger partial charge in [0.1, 0.15) is 0 Å². The fraction of sp³-hybridized carbons (Fsp3) is 0.857. The van der Waals surface area contributed by atoms with Gasteiger partial charge in [0, 0.05) is 7.11 Å². The lowest BCUT2D eigenvalue weighted by Gasteiger charge is -2.25. The van der Waals surface area contributed by atoms with Crippen LogP contribution in [0.1, 0.15) is 6.42 Å². The van der Waals surface area contributed by atoms with Crippen LogP contribution >= 0.6 is 0 Å². The summed E-state index contributed by atoms with van der Waals surface area (Å²) in [6.45, 7) is 0.829. The molecule has 0 aromatic carbocycles. The monoisotopic (exact) mass is 160 g/mol. The molecule has 1 saturated heterocycles. The van der Waals surface area contributed by atoms with Crippen LogP contribution in [0, 0.1) is 5.92 Å². The average Bonchev–Trinajstić information content (AvgIpc) is 2.05. The van der Waals surface area contributed by atoms with Gasteiger partial charge in [-0.05, 0) is 6.42 Å². The van der Waals surface area contributed by atoms with Crippen molar-refractivity contribution in [2.45, 2.75) is 12.5 Å². The summed E-state index contributed by atoms with van der Waals surface area (Å²) in [7, 11) is 1.57. The quantitative estimate of drug-likeness (QED) is 0.623. The van der Waals surface area contributed by atoms with E-state index in [2.05, 4.69) is 0 Å². The minimum absolute atomic E-state index is 0.0511. The van der Waals surface area contributed by atoms with Crippen molar-refractivity contribution >= 4 is 5.97 Å². The summed E-state index contributed by atoms with van der Waals surface area (Å²) in [6, 6.07) is 0. The third-order valence-electron chi connectivity index (χ3n) is 1.85. The molecule has 1 aliphatic heterocycles. The van der Waals surface area contributed by atoms with Gasteiger partial charge in [-0.25, -0.2) is 0 Å². The molecule has 0 bridgehead atoms. The minimum Gasteiger partial charge on any atom is -0.481 e. The first kappa shape index (κ1) is 8.49. The van der Waals surface area contributed by atoms with E-state index in [1.807, 2.05) is 0 Å². The van der Waals surface area contributed by atoms with E-state index in [1.54, 1.807) is 7.11 Å². The zero-order chi connectivity index (χ0) is 8.27. The Hall–Kier alpha value is -0.610. The maximum Gasteiger partial charge on any atom is 0.308 e. The Balaban J connectivity index is 2.39. The van der Waals surface area contributed by atoms with E-state index in [0.717, 1.165) is 0 Å². The van der Waals surface area contributed by atoms with Gasteiger partial charge in [-0.1, -0.05) is 0 Å². The normalized spacial score (nSPS) is 31.7. The van der Waals surface area contributed by atoms with Gasteiger partial charge in [-0.15, -0.1) is 0 Å². The zero-order valence-corrected chi connectivity index (χ0v) is 6.45. The molecule has 0 radical (unpaired) electrons. The number of ether oxygens (including phenoxy) is 2. The first-order valence-corrected chi connectivity index (χ1v) is 3.57. The van der Waals surface area contributed by atoms with E-state index in [9.17, 15) is 4.79 Å². The molecule has 0 aliphatic carbocycles. The zero-order valence-electron chi connectivity index (χ0n) is 6.45. The highest BCUT2D eigenvalue weighted by atomic mass is 16.5. The lowest BCUT2D eigenvalue weighted by molar-refractivity contribution is -0.150. The van der Waals surface area contributed by atoms with Crippen LogP contribution in [0.15, 0.2) is 0 Å². The molecule has 1 rings (SSSR count). The fourth-order valence-corrected chi connectivity index (χ4v) is 1.13. The maximum absolute atomic E-state index is 10.5. The lowest BCUT2D eigenvalue weighted by atomic mass is 10.0. The summed E-state index contributed by atoms with van der Waals surface area (Å²) in [5, 5.41) is 8.62. The largest absolute Gasteiger partial charge is 0.481 e. The molecule has 1 aliphatic rings. The molecule has 0 saturated carbocycles. The third-order valence-corrected chi connectivity index (χ3v) is 1.85. The van der Waals surface area contributed by atoms with Gasteiger partial charge < -0.3 is 14.6 Å². The van der Waals surface area contributed by atoms with Crippen molar-refractivity contribution in [3.63, 3.8) is 0 Å². The Morgan fingerprint density at radius 2 is 2.36 bits per heavy atom. The van der Waals surface area contributed by atoms with Gasteiger partial charge >= 0.3 is 5.97 Å². The highest BCUT2D eigenvalue weighted by Crippen LogP contribution is 2.15. The van der Waals surface area contributed by atoms with Crippen molar-refractivity contribution in [2.75, 3.05) is 20.3 Å². The summed E-state index contributed by atoms with van der Waals surface area (Å²) < 4.78 is 10.0. The summed E-state index contributed by atoms with van der Waals surface area (Å²) in [4.78, 5) is 10.5. The maximum atomic E-state index is 10.5. The van der Waals surface area contributed by atoms with Crippen LogP contribution < -0.4 is 0 Å². The molecule has 1 N–H and O–H groups in total. The van der Waals surface area contributed by atoms with Crippen LogP contribution in [-0.4, -0.2) is 37.5 Å². The average molecular weight is 160 g/mol. The Labute approximate surface area is 65.1 Å². The number of carboxylic acids is 1. The minimum atomic E-state index is -0.799. The summed E-state index contributed by atoms with van der Waals surface area (Å²) in [5.41, 5.74) is 0. The predicted octanol–water partition coefficient (Wildman–Crippen LogP) is 0.122. The molecule has 0 aromatic heterocycles. The number of carbonyl (C=O) groups is 1. The van der Waals surface area contributed by atoms with E-state index in [-0.39, 0.29) is 6.10 Å². The first-order valence-electron chi connectivity index (χ1n) is 3.57. The van der Waals surface area contributed by atoms with Crippen LogP contribution in [0.5, 0.6) is 0 Å². The van der Waals surface area contributed by atoms with E-state index in [0.29, 0.717) is 19.6 Å². The van der Waals surface area contributed by atoms with Crippen molar-refractivity contribution in [3.05, 3.63) is 0 Å². The van der Waals surface area contributed by atoms with Gasteiger partial charge in [0.15, 0.2) is 0 Å². The third kappa shape index (κ3) is 2.17. The van der Waals surface area contributed by atoms with E-state index in [1.165, 1.54) is 0 Å². The number of aliphatic carboxylic acids is 1. The topological polar surface area (TPSA) is 55.8 Å². The van der Waals surface area contributed by atoms with Crippen molar-refractivity contribution in [2.24, 2.45) is 5.92 Å². The van der Waals surface area contributed by atoms with Gasteiger partial charge in [-0.3, -0.25) is 4.79 Å². The predicted molar refractivity (Wildman–Crippen MR) is 37.4 cm³/mol. The van der Waals surface area contributed by atoms with Crippen molar-refractivity contribution in [3.8, 4) is 0 Å². The molecular weight excluding hydrogens is 148 g/mol. The molecular formula is C7H12O4. The highest BCUT2D eigenvalue weighted by molar-refractivity contribution is 5.70. The molecule has 1 heterocycles. The Kier molecular flexibility index (Phi) is 2.84. The van der Waals surface area contributed by atoms with Crippen LogP contribution in [0.2, 0.25) is 0 Å². The molecule has 2 atom stereocenters. The van der Waals surface area contributed by atoms with Crippen LogP contribution in [0.25, 0.3) is 0 Å². The Morgan fingerprint density at radius 3 is 2.91 bits per heavy atom. The van der Waals surface area contributed by atoms with Gasteiger partial charge in [-0.2, -0.15) is 0 Å². The molecule has 1 fully saturated rings. The molecule has 0 unspecified atom stereocenters. The molecule has 0 spiro atoms. The Morgan fingerprint density at radius 1 is 1.64 bits per heavy atom. The Bertz CT molecular complexity index is 145. The van der Waals surface area contributed by atoms with Crippen molar-refractivity contribution in [1.82, 2.24) is 0 Å². The van der Waals surface area contributed by atoms with Crippen molar-refractivity contribution < 1.29 is 19.4 Å². The second-order valence-corrected chi connectivity index (χ2v) is 2.67. The van der Waals surface area contributed by atoms with E-state index < -0.39 is 11.9 Å². The standard InChI is InChI=1S/C7H12O4/c1-10-6-2-5(7(8)9)3-11-4-6/h5-6H,2-4H2,1H3,(H,8,9)/t5-,6-/m0/s1. The number of hydrogen-bond acceptors (Lipinski definition) is 3. The van der Waals surface area contributed by atoms with Crippen LogP contribution in [-0.2, 0) is 14.3 Å². The summed E-state index contributed by atoms with van der Waals surface area (Å²) >= 11 is 0. The van der Waals surface area contributed by atoms with E-state index >= 15 is 0 Å². The SMILES string of the molecule is CO[C@@H]1COC[C@@H](C(=O)O)C1. The highest BCUT2D eigenvalue weighted by Gasteiger charge is 2.27. The number of carboxylic acid groups (broad SMARTS) is 1. The van der Waals surface area contributed by atoms with Gasteiger partial charge in [0.05, 0.1) is 25.2 Å². The second-order valence-electron chi connectivity index (χ2n) is 2.67. The lowest BCUT2D eigenvalue weighted by Crippen LogP contribution is -2.34. The molecule has 4 nitrogen and oxygen atoms in total. The molecule has 0 amide bonds. The smallest absolute Gasteiger partial charge is 0.308 e. The first-order chi connectivity index (χ1) is 5.24. The fourth-order valence-electron chi connectivity index (χ4n) is 1.13. The van der Waals surface area contributed by atoms with Crippen LogP contribution in [0.3, 0.4) is 0 Å². The molecule has 11 heavy (non-hydrogen) atoms. The number of rotatable bonds is 2. The van der Waals surface area contributed by atoms with Gasteiger partial charge in [0.25, 0.3) is 0 Å². The number of methoxy groups -OCH3 is 1. The number of hydrogen-bond donors (Lipinski definition) is 1. The van der Waals surface area contributed by atoms with Crippen molar-refractivity contribution in [1.29, 1.82) is 0 Å². The van der Waals surface area contributed by atoms with Crippen LogP contribution in [0.4, 0.5) is 0 Å². The van der Waals surface area contributed by atoms with E-state index in [4.69, 9.17) is 14.6 Å². The molecule has 64 valence electrons. The molecule has 4 heteroatoms. The molecule has 0 aromatic rings. The summed E-state index contributed by atoms with van der Waals surface area (Å²) in [5.74, 6) is -1.19.